The van der Waals surface area contributed by atoms with Gasteiger partial charge in [0, 0.05) is 25.7 Å². The van der Waals surface area contributed by atoms with E-state index < -0.39 is 0 Å². The van der Waals surface area contributed by atoms with Crippen LogP contribution in [0.25, 0.3) is 0 Å². The van der Waals surface area contributed by atoms with Crippen molar-refractivity contribution in [3.8, 4) is 0 Å². The summed E-state index contributed by atoms with van der Waals surface area (Å²) in [5.41, 5.74) is 0. The van der Waals surface area contributed by atoms with E-state index in [1.54, 1.807) is 0 Å². The third kappa shape index (κ3) is 3.53. The van der Waals surface area contributed by atoms with Crippen LogP contribution in [0.5, 0.6) is 0 Å². The van der Waals surface area contributed by atoms with Crippen molar-refractivity contribution in [2.24, 2.45) is 0 Å². The topological polar surface area (TPSA) is 44.7 Å². The molecule has 0 radical (unpaired) electrons. The van der Waals surface area contributed by atoms with E-state index in [1.807, 2.05) is 20.9 Å². The average molecular weight is 202 g/mol. The van der Waals surface area contributed by atoms with Crippen molar-refractivity contribution in [2.75, 3.05) is 33.3 Å². The van der Waals surface area contributed by atoms with E-state index >= 15 is 0 Å². The molecule has 0 aromatic heterocycles. The molecule has 0 amide bonds. The molecular formula is C10H22N2O2. The van der Waals surface area contributed by atoms with Crippen molar-refractivity contribution in [1.82, 2.24) is 10.2 Å². The molecule has 1 heterocycles. The molecule has 1 aliphatic heterocycles. The van der Waals surface area contributed by atoms with Gasteiger partial charge in [-0.2, -0.15) is 0 Å². The quantitative estimate of drug-likeness (QED) is 0.641. The van der Waals surface area contributed by atoms with Gasteiger partial charge in [0.25, 0.3) is 0 Å². The summed E-state index contributed by atoms with van der Waals surface area (Å²) >= 11 is 0. The van der Waals surface area contributed by atoms with Crippen LogP contribution in [-0.4, -0.2) is 61.5 Å². The van der Waals surface area contributed by atoms with Gasteiger partial charge in [-0.15, -0.1) is 0 Å². The van der Waals surface area contributed by atoms with Gasteiger partial charge in [-0.1, -0.05) is 0 Å². The van der Waals surface area contributed by atoms with Gasteiger partial charge >= 0.3 is 0 Å². The van der Waals surface area contributed by atoms with E-state index in [0.717, 1.165) is 19.7 Å². The Kier molecular flexibility index (Phi) is 4.81. The van der Waals surface area contributed by atoms with Crippen LogP contribution in [-0.2, 0) is 4.74 Å². The van der Waals surface area contributed by atoms with E-state index in [9.17, 15) is 5.11 Å². The van der Waals surface area contributed by atoms with Gasteiger partial charge < -0.3 is 15.2 Å². The van der Waals surface area contributed by atoms with Gasteiger partial charge in [-0.3, -0.25) is 4.90 Å². The lowest BCUT2D eigenvalue weighted by atomic mass is 10.2. The van der Waals surface area contributed by atoms with Crippen LogP contribution in [0.1, 0.15) is 13.8 Å². The monoisotopic (exact) mass is 202 g/mol. The van der Waals surface area contributed by atoms with Crippen molar-refractivity contribution in [1.29, 1.82) is 0 Å². The Labute approximate surface area is 86.2 Å². The summed E-state index contributed by atoms with van der Waals surface area (Å²) in [7, 11) is 2.03. The van der Waals surface area contributed by atoms with Crippen LogP contribution in [0, 0.1) is 0 Å². The molecule has 0 spiro atoms. The van der Waals surface area contributed by atoms with E-state index in [-0.39, 0.29) is 18.2 Å². The fourth-order valence-electron chi connectivity index (χ4n) is 1.70. The minimum absolute atomic E-state index is 0.237. The molecule has 1 rings (SSSR count). The van der Waals surface area contributed by atoms with Gasteiger partial charge in [0.1, 0.15) is 0 Å². The average Bonchev–Trinajstić information content (AvgIpc) is 2.50. The highest BCUT2D eigenvalue weighted by Gasteiger charge is 2.27. The van der Waals surface area contributed by atoms with Gasteiger partial charge in [0.05, 0.1) is 18.8 Å². The fourth-order valence-corrected chi connectivity index (χ4v) is 1.70. The molecule has 1 fully saturated rings. The maximum atomic E-state index is 9.62. The van der Waals surface area contributed by atoms with Crippen LogP contribution >= 0.6 is 0 Å². The fraction of sp³-hybridized carbons (Fsp3) is 1.00. The largest absolute Gasteiger partial charge is 0.390 e. The molecule has 0 saturated carbocycles. The second-order valence-corrected chi connectivity index (χ2v) is 4.19. The first-order valence-electron chi connectivity index (χ1n) is 5.32. The van der Waals surface area contributed by atoms with Gasteiger partial charge in [-0.25, -0.2) is 0 Å². The molecular weight excluding hydrogens is 180 g/mol. The van der Waals surface area contributed by atoms with Crippen molar-refractivity contribution in [2.45, 2.75) is 32.1 Å². The number of nitrogens with one attached hydrogen (secondary N) is 1. The number of hydrogen-bond acceptors (Lipinski definition) is 4. The van der Waals surface area contributed by atoms with Crippen molar-refractivity contribution in [3.05, 3.63) is 0 Å². The van der Waals surface area contributed by atoms with Gasteiger partial charge in [0.2, 0.25) is 0 Å². The molecule has 1 aliphatic rings. The summed E-state index contributed by atoms with van der Waals surface area (Å²) in [6.07, 6.45) is 0.0501. The van der Waals surface area contributed by atoms with Crippen molar-refractivity contribution >= 4 is 0 Å². The minimum atomic E-state index is -0.237. The summed E-state index contributed by atoms with van der Waals surface area (Å²) < 4.78 is 5.46. The standard InChI is InChI=1S/C10H22N2O2/c1-8(2)14-5-4-12(3)9-6-11-7-10(9)13/h8-11,13H,4-7H2,1-3H3. The Bertz CT molecular complexity index is 164. The molecule has 0 bridgehead atoms. The second-order valence-electron chi connectivity index (χ2n) is 4.19. The van der Waals surface area contributed by atoms with E-state index in [1.165, 1.54) is 0 Å². The van der Waals surface area contributed by atoms with Crippen LogP contribution in [0.3, 0.4) is 0 Å². The lowest BCUT2D eigenvalue weighted by Gasteiger charge is -2.26. The molecule has 4 heteroatoms. The number of ether oxygens (including phenoxy) is 1. The Hall–Kier alpha value is -0.160. The number of aliphatic hydroxyl groups is 1. The minimum Gasteiger partial charge on any atom is -0.390 e. The second kappa shape index (κ2) is 5.66. The molecule has 1 saturated heterocycles. The molecule has 0 aromatic rings. The Morgan fingerprint density at radius 1 is 1.50 bits per heavy atom. The number of nitrogens with zero attached hydrogens (tertiary/aromatic N) is 1. The predicted molar refractivity (Wildman–Crippen MR) is 56.4 cm³/mol. The van der Waals surface area contributed by atoms with Crippen LogP contribution in [0.4, 0.5) is 0 Å². The van der Waals surface area contributed by atoms with E-state index in [4.69, 9.17) is 4.74 Å². The van der Waals surface area contributed by atoms with Crippen LogP contribution in [0.2, 0.25) is 0 Å². The molecule has 2 N–H and O–H groups in total. The molecule has 0 aliphatic carbocycles. The summed E-state index contributed by atoms with van der Waals surface area (Å²) in [6.45, 7) is 7.26. The number of rotatable bonds is 5. The molecule has 14 heavy (non-hydrogen) atoms. The smallest absolute Gasteiger partial charge is 0.0831 e. The highest BCUT2D eigenvalue weighted by molar-refractivity contribution is 4.87. The van der Waals surface area contributed by atoms with Crippen LogP contribution < -0.4 is 5.32 Å². The predicted octanol–water partition coefficient (Wildman–Crippen LogP) is -0.324. The Morgan fingerprint density at radius 3 is 2.71 bits per heavy atom. The lowest BCUT2D eigenvalue weighted by Crippen LogP contribution is -2.42. The van der Waals surface area contributed by atoms with Gasteiger partial charge in [0.15, 0.2) is 0 Å². The van der Waals surface area contributed by atoms with E-state index in [0.29, 0.717) is 6.54 Å². The first-order chi connectivity index (χ1) is 6.61. The normalized spacial score (nSPS) is 27.9. The Balaban J connectivity index is 2.17. The molecule has 2 unspecified atom stereocenters. The summed E-state index contributed by atoms with van der Waals surface area (Å²) in [5.74, 6) is 0. The molecule has 0 aromatic carbocycles. The first-order valence-corrected chi connectivity index (χ1v) is 5.32. The highest BCUT2D eigenvalue weighted by Crippen LogP contribution is 2.06. The Morgan fingerprint density at radius 2 is 2.21 bits per heavy atom. The number of likely N-dealkylation sites (N-methyl/N-ethyl adjacent to an activating group) is 1. The zero-order valence-electron chi connectivity index (χ0n) is 9.36. The zero-order chi connectivity index (χ0) is 10.6. The lowest BCUT2D eigenvalue weighted by molar-refractivity contribution is 0.0395. The maximum absolute atomic E-state index is 9.62. The number of hydrogen-bond donors (Lipinski definition) is 2. The first kappa shape index (κ1) is 11.9. The third-order valence-corrected chi connectivity index (χ3v) is 2.61. The maximum Gasteiger partial charge on any atom is 0.0831 e. The molecule has 2 atom stereocenters. The summed E-state index contributed by atoms with van der Waals surface area (Å²) in [4.78, 5) is 2.16. The number of β-amino-alcohol motifs (C(OH)–C–C–N with tert-alkyl or cyclic N) is 1. The summed E-state index contributed by atoms with van der Waals surface area (Å²) in [6, 6.07) is 0.241. The highest BCUT2D eigenvalue weighted by atomic mass is 16.5. The van der Waals surface area contributed by atoms with Gasteiger partial charge in [-0.05, 0) is 20.9 Å². The van der Waals surface area contributed by atoms with Crippen molar-refractivity contribution < 1.29 is 9.84 Å². The zero-order valence-corrected chi connectivity index (χ0v) is 9.36. The SMILES string of the molecule is CC(C)OCCN(C)C1CNCC1O. The third-order valence-electron chi connectivity index (χ3n) is 2.61. The molecule has 4 nitrogen and oxygen atoms in total. The van der Waals surface area contributed by atoms with Crippen LogP contribution in [0.15, 0.2) is 0 Å². The van der Waals surface area contributed by atoms with E-state index in [2.05, 4.69) is 10.2 Å². The van der Waals surface area contributed by atoms with Crippen molar-refractivity contribution in [3.63, 3.8) is 0 Å². The number of aliphatic hydroxyl groups excluding tert-OH is 1. The molecule has 84 valence electrons. The summed E-state index contributed by atoms with van der Waals surface area (Å²) in [5, 5.41) is 12.8.